The van der Waals surface area contributed by atoms with E-state index in [2.05, 4.69) is 43.5 Å². The van der Waals surface area contributed by atoms with E-state index >= 15 is 0 Å². The standard InChI is InChI=1S/C12H7BrN2S2/c13-8-3-1-7(2-4-8)9-5-17-12-10(9)11(16)14-6-15-12/h1-6,10H. The van der Waals surface area contributed by atoms with E-state index in [-0.39, 0.29) is 5.92 Å². The molecule has 17 heavy (non-hydrogen) atoms. The molecule has 0 saturated carbocycles. The van der Waals surface area contributed by atoms with E-state index in [0.29, 0.717) is 4.99 Å². The molecule has 1 aromatic carbocycles. The van der Waals surface area contributed by atoms with Gasteiger partial charge in [0.15, 0.2) is 0 Å². The van der Waals surface area contributed by atoms with Crippen LogP contribution < -0.4 is 0 Å². The van der Waals surface area contributed by atoms with Gasteiger partial charge < -0.3 is 0 Å². The molecular formula is C12H7BrN2S2. The monoisotopic (exact) mass is 322 g/mol. The summed E-state index contributed by atoms with van der Waals surface area (Å²) in [5.74, 6) is 0.0705. The third-order valence-electron chi connectivity index (χ3n) is 2.66. The Kier molecular flexibility index (Phi) is 2.98. The Bertz CT molecular complexity index is 573. The number of fused-ring (bicyclic) bond motifs is 1. The normalized spacial score (nSPS) is 22.2. The maximum Gasteiger partial charge on any atom is 0.119 e. The predicted octanol–water partition coefficient (Wildman–Crippen LogP) is 3.92. The Labute approximate surface area is 117 Å². The van der Waals surface area contributed by atoms with Gasteiger partial charge in [-0.15, -0.1) is 0 Å². The van der Waals surface area contributed by atoms with Crippen LogP contribution in [-0.2, 0) is 0 Å². The lowest BCUT2D eigenvalue weighted by molar-refractivity contribution is 1.24. The molecule has 0 fully saturated rings. The summed E-state index contributed by atoms with van der Waals surface area (Å²) in [5.41, 5.74) is 2.37. The number of nitrogens with zero attached hydrogens (tertiary/aromatic N) is 2. The van der Waals surface area contributed by atoms with Crippen LogP contribution in [0.2, 0.25) is 0 Å². The van der Waals surface area contributed by atoms with Gasteiger partial charge >= 0.3 is 0 Å². The highest BCUT2D eigenvalue weighted by Crippen LogP contribution is 2.40. The van der Waals surface area contributed by atoms with Crippen molar-refractivity contribution in [2.24, 2.45) is 15.9 Å². The number of rotatable bonds is 1. The average Bonchev–Trinajstić information content (AvgIpc) is 2.75. The molecule has 3 rings (SSSR count). The maximum atomic E-state index is 5.30. The predicted molar refractivity (Wildman–Crippen MR) is 81.7 cm³/mol. The topological polar surface area (TPSA) is 24.7 Å². The molecule has 0 radical (unpaired) electrons. The van der Waals surface area contributed by atoms with Gasteiger partial charge in [0.05, 0.1) is 11.0 Å². The van der Waals surface area contributed by atoms with E-state index in [1.54, 1.807) is 18.1 Å². The zero-order chi connectivity index (χ0) is 11.8. The number of hydrogen-bond donors (Lipinski definition) is 0. The van der Waals surface area contributed by atoms with Gasteiger partial charge in [-0.3, -0.25) is 0 Å². The van der Waals surface area contributed by atoms with Gasteiger partial charge in [0.2, 0.25) is 0 Å². The van der Waals surface area contributed by atoms with Crippen LogP contribution in [0.1, 0.15) is 5.56 Å². The van der Waals surface area contributed by atoms with Crippen molar-refractivity contribution in [3.63, 3.8) is 0 Å². The second kappa shape index (κ2) is 4.48. The molecule has 2 aliphatic rings. The molecule has 0 saturated heterocycles. The Morgan fingerprint density at radius 3 is 2.76 bits per heavy atom. The van der Waals surface area contributed by atoms with Crippen molar-refractivity contribution in [2.45, 2.75) is 0 Å². The third kappa shape index (κ3) is 2.03. The summed E-state index contributed by atoms with van der Waals surface area (Å²) in [5, 5.41) is 3.15. The summed E-state index contributed by atoms with van der Waals surface area (Å²) in [7, 11) is 0. The first kappa shape index (κ1) is 11.3. The van der Waals surface area contributed by atoms with Gasteiger partial charge in [0, 0.05) is 4.47 Å². The van der Waals surface area contributed by atoms with Crippen LogP contribution in [0.3, 0.4) is 0 Å². The number of benzene rings is 1. The number of hydrogen-bond acceptors (Lipinski definition) is 3. The smallest absolute Gasteiger partial charge is 0.119 e. The molecule has 2 heterocycles. The lowest BCUT2D eigenvalue weighted by Crippen LogP contribution is -2.20. The molecule has 1 atom stereocenters. The molecule has 0 N–H and O–H groups in total. The van der Waals surface area contributed by atoms with Crippen molar-refractivity contribution < 1.29 is 0 Å². The number of aliphatic imine (C=N–C) groups is 2. The van der Waals surface area contributed by atoms with E-state index in [4.69, 9.17) is 12.2 Å². The fourth-order valence-corrected chi connectivity index (χ4v) is 3.46. The first-order valence-electron chi connectivity index (χ1n) is 5.02. The van der Waals surface area contributed by atoms with E-state index in [1.165, 1.54) is 11.1 Å². The fraction of sp³-hybridized carbons (Fsp3) is 0.0833. The van der Waals surface area contributed by atoms with Crippen molar-refractivity contribution >= 4 is 61.9 Å². The van der Waals surface area contributed by atoms with Crippen LogP contribution >= 0.6 is 39.9 Å². The molecular weight excluding hydrogens is 316 g/mol. The number of halogens is 1. The Morgan fingerprint density at radius 2 is 2.00 bits per heavy atom. The molecule has 2 nitrogen and oxygen atoms in total. The second-order valence-corrected chi connectivity index (χ2v) is 5.90. The van der Waals surface area contributed by atoms with Crippen molar-refractivity contribution in [1.82, 2.24) is 0 Å². The van der Waals surface area contributed by atoms with Crippen LogP contribution in [-0.4, -0.2) is 16.4 Å². The largest absolute Gasteiger partial charge is 0.233 e. The van der Waals surface area contributed by atoms with Crippen LogP contribution in [0.15, 0.2) is 44.1 Å². The molecule has 0 aliphatic carbocycles. The molecule has 0 bridgehead atoms. The third-order valence-corrected chi connectivity index (χ3v) is 4.48. The molecule has 1 aromatic rings. The van der Waals surface area contributed by atoms with Gasteiger partial charge in [-0.05, 0) is 28.7 Å². The molecule has 0 aromatic heterocycles. The van der Waals surface area contributed by atoms with Crippen LogP contribution in [0, 0.1) is 5.92 Å². The molecule has 5 heteroatoms. The van der Waals surface area contributed by atoms with Crippen molar-refractivity contribution in [2.75, 3.05) is 0 Å². The summed E-state index contributed by atoms with van der Waals surface area (Å²) in [4.78, 5) is 9.10. The van der Waals surface area contributed by atoms with Gasteiger partial charge in [-0.2, -0.15) is 0 Å². The minimum atomic E-state index is 0.0705. The van der Waals surface area contributed by atoms with Crippen molar-refractivity contribution in [3.05, 3.63) is 39.7 Å². The van der Waals surface area contributed by atoms with E-state index in [0.717, 1.165) is 9.52 Å². The van der Waals surface area contributed by atoms with E-state index < -0.39 is 0 Å². The van der Waals surface area contributed by atoms with Crippen LogP contribution in [0.5, 0.6) is 0 Å². The summed E-state index contributed by atoms with van der Waals surface area (Å²) in [6, 6.07) is 8.23. The zero-order valence-corrected chi connectivity index (χ0v) is 11.8. The Hall–Kier alpha value is -0.780. The molecule has 2 aliphatic heterocycles. The lowest BCUT2D eigenvalue weighted by atomic mass is 9.94. The number of thiocarbonyl (C=S) groups is 1. The maximum absolute atomic E-state index is 5.30. The van der Waals surface area contributed by atoms with Gasteiger partial charge in [0.1, 0.15) is 11.3 Å². The molecule has 84 valence electrons. The molecule has 0 spiro atoms. The quantitative estimate of drug-likeness (QED) is 0.732. The highest BCUT2D eigenvalue weighted by molar-refractivity contribution is 9.10. The first-order chi connectivity index (χ1) is 8.25. The summed E-state index contributed by atoms with van der Waals surface area (Å²) in [6.45, 7) is 0. The Morgan fingerprint density at radius 1 is 1.24 bits per heavy atom. The highest BCUT2D eigenvalue weighted by Gasteiger charge is 2.32. The zero-order valence-electron chi connectivity index (χ0n) is 8.63. The number of thioether (sulfide) groups is 1. The first-order valence-corrected chi connectivity index (χ1v) is 7.10. The average molecular weight is 323 g/mol. The lowest BCUT2D eigenvalue weighted by Gasteiger charge is -2.16. The summed E-state index contributed by atoms with van der Waals surface area (Å²) >= 11 is 10.4. The minimum Gasteiger partial charge on any atom is -0.233 e. The summed E-state index contributed by atoms with van der Waals surface area (Å²) in [6.07, 6.45) is 1.54. The molecule has 1 unspecified atom stereocenters. The van der Waals surface area contributed by atoms with Gasteiger partial charge in [-0.1, -0.05) is 52.0 Å². The summed E-state index contributed by atoms with van der Waals surface area (Å²) < 4.78 is 1.07. The van der Waals surface area contributed by atoms with Crippen LogP contribution in [0.25, 0.3) is 5.57 Å². The SMILES string of the molecule is S=C1N=CN=C2SC=C(c3ccc(Br)cc3)C12. The fourth-order valence-electron chi connectivity index (χ4n) is 1.83. The highest BCUT2D eigenvalue weighted by atomic mass is 79.9. The second-order valence-electron chi connectivity index (χ2n) is 3.68. The van der Waals surface area contributed by atoms with Crippen LogP contribution in [0.4, 0.5) is 0 Å². The van der Waals surface area contributed by atoms with Gasteiger partial charge in [-0.25, -0.2) is 9.98 Å². The van der Waals surface area contributed by atoms with Crippen molar-refractivity contribution in [1.29, 1.82) is 0 Å². The minimum absolute atomic E-state index is 0.0705. The van der Waals surface area contributed by atoms with E-state index in [9.17, 15) is 0 Å². The van der Waals surface area contributed by atoms with Crippen molar-refractivity contribution in [3.8, 4) is 0 Å². The van der Waals surface area contributed by atoms with E-state index in [1.807, 2.05) is 12.1 Å². The Balaban J connectivity index is 2.00. The van der Waals surface area contributed by atoms with Gasteiger partial charge in [0.25, 0.3) is 0 Å². The molecule has 0 amide bonds.